The van der Waals surface area contributed by atoms with Gasteiger partial charge in [-0.2, -0.15) is 0 Å². The van der Waals surface area contributed by atoms with Crippen molar-refractivity contribution < 1.29 is 14.6 Å². The van der Waals surface area contributed by atoms with Gasteiger partial charge in [0, 0.05) is 6.54 Å². The summed E-state index contributed by atoms with van der Waals surface area (Å²) in [6, 6.07) is 8.40. The van der Waals surface area contributed by atoms with Gasteiger partial charge in [-0.3, -0.25) is 4.90 Å². The molecule has 1 N–H and O–H groups in total. The molecule has 0 amide bonds. The number of aliphatic hydroxyl groups is 1. The topological polar surface area (TPSA) is 49.8 Å². The molecule has 1 saturated heterocycles. The number of nitrogens with zero attached hydrogens (tertiary/aromatic N) is 1. The van der Waals surface area contributed by atoms with Gasteiger partial charge in [0.1, 0.15) is 0 Å². The summed E-state index contributed by atoms with van der Waals surface area (Å²) < 4.78 is 4.60. The maximum atomic E-state index is 11.3. The molecule has 0 bridgehead atoms. The van der Waals surface area contributed by atoms with Gasteiger partial charge in [0.2, 0.25) is 0 Å². The van der Waals surface area contributed by atoms with E-state index < -0.39 is 12.1 Å². The van der Waals surface area contributed by atoms with Crippen molar-refractivity contribution >= 4 is 5.97 Å². The fourth-order valence-corrected chi connectivity index (χ4v) is 2.77. The molecule has 0 aliphatic carbocycles. The number of likely N-dealkylation sites (tertiary alicyclic amines) is 1. The van der Waals surface area contributed by atoms with Crippen molar-refractivity contribution in [2.45, 2.75) is 32.4 Å². The number of aryl methyl sites for hydroxylation is 1. The summed E-state index contributed by atoms with van der Waals surface area (Å²) in [6.45, 7) is 4.89. The monoisotopic (exact) mass is 277 g/mol. The van der Waals surface area contributed by atoms with Crippen LogP contribution in [0.2, 0.25) is 0 Å². The fraction of sp³-hybridized carbons (Fsp3) is 0.562. The number of methoxy groups -OCH3 is 1. The Morgan fingerprint density at radius 3 is 2.65 bits per heavy atom. The number of ether oxygens (including phenoxy) is 1. The zero-order valence-electron chi connectivity index (χ0n) is 12.2. The zero-order chi connectivity index (χ0) is 14.5. The van der Waals surface area contributed by atoms with E-state index in [9.17, 15) is 9.90 Å². The zero-order valence-corrected chi connectivity index (χ0v) is 12.2. The molecular formula is C16H23NO3. The van der Waals surface area contributed by atoms with Crippen LogP contribution in [0.5, 0.6) is 0 Å². The quantitative estimate of drug-likeness (QED) is 0.852. The molecule has 0 spiro atoms. The molecular weight excluding hydrogens is 254 g/mol. The van der Waals surface area contributed by atoms with Gasteiger partial charge in [-0.1, -0.05) is 24.3 Å². The Morgan fingerprint density at radius 1 is 1.40 bits per heavy atom. The second-order valence-electron chi connectivity index (χ2n) is 5.51. The first-order valence-corrected chi connectivity index (χ1v) is 7.14. The van der Waals surface area contributed by atoms with Crippen LogP contribution in [0, 0.1) is 12.8 Å². The van der Waals surface area contributed by atoms with Crippen LogP contribution in [0.15, 0.2) is 24.3 Å². The van der Waals surface area contributed by atoms with Crippen LogP contribution in [0.4, 0.5) is 0 Å². The first-order valence-electron chi connectivity index (χ1n) is 7.14. The highest BCUT2D eigenvalue weighted by molar-refractivity contribution is 5.74. The summed E-state index contributed by atoms with van der Waals surface area (Å²) in [5, 5.41) is 9.87. The largest absolute Gasteiger partial charge is 0.467 e. The molecule has 0 saturated carbocycles. The van der Waals surface area contributed by atoms with Crippen LogP contribution in [-0.2, 0) is 16.1 Å². The molecule has 4 nitrogen and oxygen atoms in total. The van der Waals surface area contributed by atoms with E-state index in [1.165, 1.54) is 18.2 Å². The number of esters is 1. The fourth-order valence-electron chi connectivity index (χ4n) is 2.77. The summed E-state index contributed by atoms with van der Waals surface area (Å²) in [4.78, 5) is 13.7. The molecule has 1 fully saturated rings. The highest BCUT2D eigenvalue weighted by atomic mass is 16.5. The number of hydrogen-bond donors (Lipinski definition) is 1. The van der Waals surface area contributed by atoms with E-state index in [0.717, 1.165) is 32.5 Å². The minimum absolute atomic E-state index is 0.0237. The summed E-state index contributed by atoms with van der Waals surface area (Å²) in [5.41, 5.74) is 2.66. The predicted octanol–water partition coefficient (Wildman–Crippen LogP) is 1.74. The molecule has 1 aromatic rings. The first kappa shape index (κ1) is 15.0. The van der Waals surface area contributed by atoms with Gasteiger partial charge in [-0.25, -0.2) is 4.79 Å². The van der Waals surface area contributed by atoms with Crippen LogP contribution in [0.3, 0.4) is 0 Å². The lowest BCUT2D eigenvalue weighted by Crippen LogP contribution is -2.40. The van der Waals surface area contributed by atoms with E-state index in [1.807, 2.05) is 0 Å². The van der Waals surface area contributed by atoms with Crippen LogP contribution in [0.1, 0.15) is 24.0 Å². The third kappa shape index (κ3) is 3.58. The summed E-state index contributed by atoms with van der Waals surface area (Å²) in [5.74, 6) is -0.488. The van der Waals surface area contributed by atoms with Crippen molar-refractivity contribution in [3.05, 3.63) is 35.4 Å². The number of piperidine rings is 1. The standard InChI is InChI=1S/C16H23NO3/c1-12-5-3-4-6-14(12)11-17-9-7-13(8-10-17)15(18)16(19)20-2/h3-6,13,15,18H,7-11H2,1-2H3. The van der Waals surface area contributed by atoms with Crippen molar-refractivity contribution in [2.24, 2.45) is 5.92 Å². The van der Waals surface area contributed by atoms with Gasteiger partial charge in [0.25, 0.3) is 0 Å². The Balaban J connectivity index is 1.86. The first-order chi connectivity index (χ1) is 9.61. The summed E-state index contributed by atoms with van der Waals surface area (Å²) >= 11 is 0. The maximum Gasteiger partial charge on any atom is 0.334 e. The van der Waals surface area contributed by atoms with Crippen molar-refractivity contribution in [2.75, 3.05) is 20.2 Å². The Hall–Kier alpha value is -1.39. The van der Waals surface area contributed by atoms with Gasteiger partial charge in [-0.15, -0.1) is 0 Å². The van der Waals surface area contributed by atoms with E-state index in [-0.39, 0.29) is 5.92 Å². The number of benzene rings is 1. The molecule has 1 aliphatic rings. The summed E-state index contributed by atoms with van der Waals surface area (Å²) in [7, 11) is 1.32. The number of aliphatic hydroxyl groups excluding tert-OH is 1. The second-order valence-corrected chi connectivity index (χ2v) is 5.51. The minimum Gasteiger partial charge on any atom is -0.467 e. The van der Waals surface area contributed by atoms with Crippen LogP contribution in [-0.4, -0.2) is 42.3 Å². The normalized spacial score (nSPS) is 18.8. The molecule has 110 valence electrons. The molecule has 20 heavy (non-hydrogen) atoms. The average molecular weight is 277 g/mol. The lowest BCUT2D eigenvalue weighted by atomic mass is 9.91. The Bertz CT molecular complexity index is 453. The molecule has 2 rings (SSSR count). The Labute approximate surface area is 120 Å². The molecule has 1 aromatic carbocycles. The molecule has 1 heterocycles. The van der Waals surface area contributed by atoms with Gasteiger partial charge >= 0.3 is 5.97 Å². The van der Waals surface area contributed by atoms with Crippen molar-refractivity contribution in [3.8, 4) is 0 Å². The Kier molecular flexibility index (Phi) is 5.15. The molecule has 0 aromatic heterocycles. The molecule has 1 atom stereocenters. The van der Waals surface area contributed by atoms with Gasteiger partial charge in [0.05, 0.1) is 7.11 Å². The minimum atomic E-state index is -0.972. The van der Waals surface area contributed by atoms with E-state index in [1.54, 1.807) is 0 Å². The smallest absolute Gasteiger partial charge is 0.334 e. The summed E-state index contributed by atoms with van der Waals surface area (Å²) in [6.07, 6.45) is 0.699. The highest BCUT2D eigenvalue weighted by Gasteiger charge is 2.30. The second kappa shape index (κ2) is 6.86. The van der Waals surface area contributed by atoms with E-state index in [4.69, 9.17) is 0 Å². The van der Waals surface area contributed by atoms with Gasteiger partial charge in [0.15, 0.2) is 6.10 Å². The lowest BCUT2D eigenvalue weighted by molar-refractivity contribution is -0.154. The van der Waals surface area contributed by atoms with Crippen molar-refractivity contribution in [3.63, 3.8) is 0 Å². The molecule has 0 radical (unpaired) electrons. The number of hydrogen-bond acceptors (Lipinski definition) is 4. The molecule has 1 unspecified atom stereocenters. The highest BCUT2D eigenvalue weighted by Crippen LogP contribution is 2.23. The third-order valence-corrected chi connectivity index (χ3v) is 4.18. The lowest BCUT2D eigenvalue weighted by Gasteiger charge is -2.33. The SMILES string of the molecule is COC(=O)C(O)C1CCN(Cc2ccccc2C)CC1. The third-order valence-electron chi connectivity index (χ3n) is 4.18. The Morgan fingerprint density at radius 2 is 2.05 bits per heavy atom. The van der Waals surface area contributed by atoms with Crippen molar-refractivity contribution in [1.29, 1.82) is 0 Å². The van der Waals surface area contributed by atoms with Gasteiger partial charge < -0.3 is 9.84 Å². The maximum absolute atomic E-state index is 11.3. The molecule has 4 heteroatoms. The number of carbonyl (C=O) groups excluding carboxylic acids is 1. The number of rotatable bonds is 4. The van der Waals surface area contributed by atoms with Crippen molar-refractivity contribution in [1.82, 2.24) is 4.90 Å². The average Bonchev–Trinajstić information content (AvgIpc) is 2.49. The van der Waals surface area contributed by atoms with Crippen LogP contribution >= 0.6 is 0 Å². The van der Waals surface area contributed by atoms with E-state index in [0.29, 0.717) is 0 Å². The predicted molar refractivity (Wildman–Crippen MR) is 77.2 cm³/mol. The van der Waals surface area contributed by atoms with E-state index >= 15 is 0 Å². The molecule has 1 aliphatic heterocycles. The van der Waals surface area contributed by atoms with Crippen LogP contribution in [0.25, 0.3) is 0 Å². The number of carbonyl (C=O) groups is 1. The van der Waals surface area contributed by atoms with Crippen LogP contribution < -0.4 is 0 Å². The van der Waals surface area contributed by atoms with E-state index in [2.05, 4.69) is 40.8 Å². The van der Waals surface area contributed by atoms with Gasteiger partial charge in [-0.05, 0) is 49.9 Å².